The average molecular weight is 662 g/mol. The van der Waals surface area contributed by atoms with E-state index in [9.17, 15) is 13.6 Å². The standard InChI is InChI=1S/C33H46ClF2N7O3/c1-20-17-24-23(18-38-43(24)25-9-7-8-16-45-25)27(28(20)34)26-21(2)42(22-10-13-40(14-11-22)31(44)46-32(3,4)5)39-29(26)41-15-12-37-19-33(41,6)30(35)36/h17-18,22,25,30,37H,7-16,19H2,1-6H3/t25?,33-/m1/s1. The number of piperidine rings is 1. The molecule has 3 saturated heterocycles. The molecule has 0 saturated carbocycles. The van der Waals surface area contributed by atoms with Crippen LogP contribution in [0.3, 0.4) is 0 Å². The number of ether oxygens (including phenoxy) is 2. The Bertz CT molecular complexity index is 1590. The first kappa shape index (κ1) is 33.0. The van der Waals surface area contributed by atoms with Gasteiger partial charge < -0.3 is 24.6 Å². The van der Waals surface area contributed by atoms with Crippen LogP contribution in [0.15, 0.2) is 12.3 Å². The first-order chi connectivity index (χ1) is 21.8. The molecule has 10 nitrogen and oxygen atoms in total. The Kier molecular flexibility index (Phi) is 9.01. The van der Waals surface area contributed by atoms with E-state index < -0.39 is 17.6 Å². The number of hydrogen-bond donors (Lipinski definition) is 1. The SMILES string of the molecule is Cc1cc2c(cnn2C2CCCCO2)c(-c2c(N3CCNC[C@]3(C)C(F)F)nn(C3CCN(C(=O)OC(C)(C)C)CC3)c2C)c1Cl. The fraction of sp³-hybridized carbons (Fsp3) is 0.667. The van der Waals surface area contributed by atoms with Crippen LogP contribution >= 0.6 is 11.6 Å². The molecule has 1 unspecified atom stereocenters. The highest BCUT2D eigenvalue weighted by molar-refractivity contribution is 6.36. The summed E-state index contributed by atoms with van der Waals surface area (Å²) in [7, 11) is 0. The number of fused-ring (bicyclic) bond motifs is 1. The summed E-state index contributed by atoms with van der Waals surface area (Å²) in [6.45, 7) is 13.9. The van der Waals surface area contributed by atoms with Gasteiger partial charge in [-0.1, -0.05) is 11.6 Å². The van der Waals surface area contributed by atoms with Crippen LogP contribution in [0.1, 0.15) is 83.3 Å². The minimum absolute atomic E-state index is 0.0376. The molecule has 1 N–H and O–H groups in total. The van der Waals surface area contributed by atoms with E-state index in [-0.39, 0.29) is 24.9 Å². The zero-order valence-corrected chi connectivity index (χ0v) is 28.5. The second kappa shape index (κ2) is 12.6. The van der Waals surface area contributed by atoms with E-state index >= 15 is 0 Å². The van der Waals surface area contributed by atoms with E-state index in [0.29, 0.717) is 56.5 Å². The van der Waals surface area contributed by atoms with Gasteiger partial charge in [-0.05, 0) is 85.3 Å². The zero-order chi connectivity index (χ0) is 33.0. The number of rotatable bonds is 5. The number of piperazine rings is 1. The molecular formula is C33H46ClF2N7O3. The number of benzene rings is 1. The summed E-state index contributed by atoms with van der Waals surface area (Å²) in [6, 6.07) is 2.00. The molecule has 3 fully saturated rings. The zero-order valence-electron chi connectivity index (χ0n) is 27.7. The second-order valence-electron chi connectivity index (χ2n) is 14.1. The molecule has 1 aromatic carbocycles. The number of carbonyl (C=O) groups is 1. The summed E-state index contributed by atoms with van der Waals surface area (Å²) in [5.74, 6) is 0.492. The van der Waals surface area contributed by atoms with Crippen molar-refractivity contribution in [2.24, 2.45) is 0 Å². The number of aryl methyl sites for hydroxylation is 1. The molecule has 13 heteroatoms. The number of anilines is 1. The van der Waals surface area contributed by atoms with Gasteiger partial charge in [0.25, 0.3) is 6.43 Å². The van der Waals surface area contributed by atoms with Crippen LogP contribution < -0.4 is 10.2 Å². The number of carbonyl (C=O) groups excluding carboxylic acids is 1. The molecule has 3 aromatic rings. The van der Waals surface area contributed by atoms with Crippen LogP contribution in [-0.2, 0) is 9.47 Å². The lowest BCUT2D eigenvalue weighted by molar-refractivity contribution is -0.0366. The number of nitrogens with one attached hydrogen (secondary N) is 1. The van der Waals surface area contributed by atoms with E-state index in [0.717, 1.165) is 52.5 Å². The number of nitrogens with zero attached hydrogens (tertiary/aromatic N) is 6. The minimum Gasteiger partial charge on any atom is -0.444 e. The van der Waals surface area contributed by atoms with Crippen molar-refractivity contribution in [3.8, 4) is 11.1 Å². The van der Waals surface area contributed by atoms with E-state index in [1.54, 1.807) is 16.7 Å². The van der Waals surface area contributed by atoms with Gasteiger partial charge >= 0.3 is 6.09 Å². The third-order valence-electron chi connectivity index (χ3n) is 9.63. The number of alkyl halides is 2. The third-order valence-corrected chi connectivity index (χ3v) is 10.1. The van der Waals surface area contributed by atoms with Crippen molar-refractivity contribution in [3.63, 3.8) is 0 Å². The van der Waals surface area contributed by atoms with Crippen molar-refractivity contribution in [2.45, 2.75) is 103 Å². The highest BCUT2D eigenvalue weighted by Crippen LogP contribution is 2.47. The summed E-state index contributed by atoms with van der Waals surface area (Å²) in [6.07, 6.45) is 2.96. The third kappa shape index (κ3) is 5.96. The predicted molar refractivity (Wildman–Crippen MR) is 175 cm³/mol. The van der Waals surface area contributed by atoms with Gasteiger partial charge in [0, 0.05) is 61.5 Å². The van der Waals surface area contributed by atoms with Gasteiger partial charge in [0.05, 0.1) is 22.8 Å². The molecule has 0 radical (unpaired) electrons. The van der Waals surface area contributed by atoms with E-state index in [4.69, 9.17) is 31.3 Å². The van der Waals surface area contributed by atoms with Crippen LogP contribution in [0.5, 0.6) is 0 Å². The quantitative estimate of drug-likeness (QED) is 0.319. The number of amides is 1. The van der Waals surface area contributed by atoms with Crippen LogP contribution in [0.4, 0.5) is 19.4 Å². The number of likely N-dealkylation sites (tertiary alicyclic amines) is 1. The maximum absolute atomic E-state index is 14.9. The Morgan fingerprint density at radius 3 is 2.52 bits per heavy atom. The fourth-order valence-electron chi connectivity index (χ4n) is 7.07. The molecule has 252 valence electrons. The lowest BCUT2D eigenvalue weighted by atomic mass is 9.94. The van der Waals surface area contributed by atoms with Gasteiger partial charge in [-0.2, -0.15) is 10.2 Å². The summed E-state index contributed by atoms with van der Waals surface area (Å²) in [5, 5.41) is 14.5. The van der Waals surface area contributed by atoms with Gasteiger partial charge in [0.1, 0.15) is 11.1 Å². The monoisotopic (exact) mass is 661 g/mol. The number of halogens is 3. The Balaban J connectivity index is 1.47. The highest BCUT2D eigenvalue weighted by Gasteiger charge is 2.46. The molecule has 2 atom stereocenters. The fourth-order valence-corrected chi connectivity index (χ4v) is 7.32. The summed E-state index contributed by atoms with van der Waals surface area (Å²) in [5.41, 5.74) is 2.04. The molecule has 0 spiro atoms. The summed E-state index contributed by atoms with van der Waals surface area (Å²) in [4.78, 5) is 16.3. The van der Waals surface area contributed by atoms with Crippen molar-refractivity contribution >= 4 is 34.4 Å². The van der Waals surface area contributed by atoms with Gasteiger partial charge in [-0.15, -0.1) is 0 Å². The Hall–Kier alpha value is -2.96. The van der Waals surface area contributed by atoms with Crippen LogP contribution in [0, 0.1) is 13.8 Å². The average Bonchev–Trinajstić information content (AvgIpc) is 3.58. The summed E-state index contributed by atoms with van der Waals surface area (Å²) < 4.78 is 45.3. The van der Waals surface area contributed by atoms with Gasteiger partial charge in [0.15, 0.2) is 12.0 Å². The normalized spacial score (nSPS) is 23.5. The summed E-state index contributed by atoms with van der Waals surface area (Å²) >= 11 is 7.18. The molecular weight excluding hydrogens is 616 g/mol. The van der Waals surface area contributed by atoms with Gasteiger partial charge in [-0.25, -0.2) is 18.3 Å². The molecule has 0 aliphatic carbocycles. The van der Waals surface area contributed by atoms with Crippen molar-refractivity contribution in [1.82, 2.24) is 29.8 Å². The lowest BCUT2D eigenvalue weighted by Gasteiger charge is -2.45. The molecule has 0 bridgehead atoms. The molecule has 1 amide bonds. The van der Waals surface area contributed by atoms with Crippen molar-refractivity contribution in [2.75, 3.05) is 44.2 Å². The molecule has 3 aliphatic heterocycles. The van der Waals surface area contributed by atoms with E-state index in [1.165, 1.54) is 0 Å². The second-order valence-corrected chi connectivity index (χ2v) is 14.5. The van der Waals surface area contributed by atoms with Crippen LogP contribution in [-0.4, -0.2) is 87.5 Å². The highest BCUT2D eigenvalue weighted by atomic mass is 35.5. The molecule has 6 rings (SSSR count). The predicted octanol–water partition coefficient (Wildman–Crippen LogP) is 6.87. The number of hydrogen-bond acceptors (Lipinski definition) is 7. The van der Waals surface area contributed by atoms with E-state index in [2.05, 4.69) is 5.32 Å². The van der Waals surface area contributed by atoms with Crippen LogP contribution in [0.2, 0.25) is 5.02 Å². The maximum atomic E-state index is 14.9. The smallest absolute Gasteiger partial charge is 0.410 e. The Labute approximate surface area is 274 Å². The van der Waals surface area contributed by atoms with Crippen molar-refractivity contribution in [3.05, 3.63) is 28.5 Å². The molecule has 5 heterocycles. The Morgan fingerprint density at radius 1 is 1.13 bits per heavy atom. The largest absolute Gasteiger partial charge is 0.444 e. The number of aromatic nitrogens is 4. The van der Waals surface area contributed by atoms with E-state index in [1.807, 2.05) is 56.2 Å². The molecule has 3 aliphatic rings. The molecule has 2 aromatic heterocycles. The molecule has 46 heavy (non-hydrogen) atoms. The first-order valence-corrected chi connectivity index (χ1v) is 16.8. The van der Waals surface area contributed by atoms with Crippen molar-refractivity contribution in [1.29, 1.82) is 0 Å². The maximum Gasteiger partial charge on any atom is 0.410 e. The lowest BCUT2D eigenvalue weighted by Crippen LogP contribution is -2.64. The minimum atomic E-state index is -2.62. The van der Waals surface area contributed by atoms with Crippen LogP contribution in [0.25, 0.3) is 22.0 Å². The first-order valence-electron chi connectivity index (χ1n) is 16.4. The van der Waals surface area contributed by atoms with Gasteiger partial charge in [0.2, 0.25) is 0 Å². The Morgan fingerprint density at radius 2 is 1.87 bits per heavy atom. The van der Waals surface area contributed by atoms with Gasteiger partial charge in [-0.3, -0.25) is 4.68 Å². The van der Waals surface area contributed by atoms with Crippen molar-refractivity contribution < 1.29 is 23.0 Å². The topological polar surface area (TPSA) is 89.7 Å².